The number of benzene rings is 1. The summed E-state index contributed by atoms with van der Waals surface area (Å²) in [4.78, 5) is 22.7. The number of halogens is 1. The second kappa shape index (κ2) is 7.59. The van der Waals surface area contributed by atoms with E-state index in [1.165, 1.54) is 6.07 Å². The summed E-state index contributed by atoms with van der Waals surface area (Å²) in [6.45, 7) is 1.78. The number of rotatable bonds is 5. The molecule has 1 saturated heterocycles. The average Bonchev–Trinajstić information content (AvgIpc) is 2.99. The highest BCUT2D eigenvalue weighted by Crippen LogP contribution is 2.21. The molecule has 1 unspecified atom stereocenters. The minimum absolute atomic E-state index is 0.0423. The number of hydrogen-bond acceptors (Lipinski definition) is 6. The number of aryl methyl sites for hydroxylation is 1. The smallest absolute Gasteiger partial charge is 0.270 e. The predicted molar refractivity (Wildman–Crippen MR) is 99.8 cm³/mol. The minimum atomic E-state index is -3.04. The first-order chi connectivity index (χ1) is 12.7. The van der Waals surface area contributed by atoms with Crippen LogP contribution in [0.3, 0.4) is 0 Å². The lowest BCUT2D eigenvalue weighted by atomic mass is 10.2. The molecule has 1 aliphatic rings. The molecule has 7 nitrogen and oxygen atoms in total. The Hall–Kier alpha value is -2.55. The molecule has 9 heteroatoms. The lowest BCUT2D eigenvalue weighted by Crippen LogP contribution is -2.34. The standard InChI is InChI=1S/C18H21FN4O3S/c1-12-9-16(17(24)20-10-13-5-3-4-6-15(13)19)22-18(21-12)23(2)14-7-8-27(25,26)11-14/h3-6,9,14H,7-8,10-11H2,1-2H3,(H,20,24). The van der Waals surface area contributed by atoms with E-state index in [2.05, 4.69) is 15.3 Å². The van der Waals surface area contributed by atoms with Gasteiger partial charge in [-0.15, -0.1) is 0 Å². The van der Waals surface area contributed by atoms with Gasteiger partial charge in [-0.25, -0.2) is 22.8 Å². The van der Waals surface area contributed by atoms with E-state index < -0.39 is 15.7 Å². The number of amides is 1. The predicted octanol–water partition coefficient (Wildman–Crippen LogP) is 1.48. The first kappa shape index (κ1) is 19.2. The summed E-state index contributed by atoms with van der Waals surface area (Å²) in [5.74, 6) is -0.343. The van der Waals surface area contributed by atoms with Crippen LogP contribution < -0.4 is 10.2 Å². The minimum Gasteiger partial charge on any atom is -0.347 e. The maximum absolute atomic E-state index is 13.7. The van der Waals surface area contributed by atoms with Crippen LogP contribution in [0.2, 0.25) is 0 Å². The van der Waals surface area contributed by atoms with Gasteiger partial charge in [-0.05, 0) is 25.5 Å². The van der Waals surface area contributed by atoms with Crippen LogP contribution in [0.25, 0.3) is 0 Å². The summed E-state index contributed by atoms with van der Waals surface area (Å²) in [5.41, 5.74) is 1.12. The van der Waals surface area contributed by atoms with Gasteiger partial charge >= 0.3 is 0 Å². The molecule has 0 radical (unpaired) electrons. The van der Waals surface area contributed by atoms with Gasteiger partial charge in [-0.1, -0.05) is 18.2 Å². The highest BCUT2D eigenvalue weighted by molar-refractivity contribution is 7.91. The summed E-state index contributed by atoms with van der Waals surface area (Å²) in [5, 5.41) is 2.65. The Bertz CT molecular complexity index is 965. The Balaban J connectivity index is 1.74. The first-order valence-corrected chi connectivity index (χ1v) is 10.4. The lowest BCUT2D eigenvalue weighted by Gasteiger charge is -2.23. The molecule has 1 fully saturated rings. The Morgan fingerprint density at radius 3 is 2.74 bits per heavy atom. The number of nitrogens with one attached hydrogen (secondary N) is 1. The summed E-state index contributed by atoms with van der Waals surface area (Å²) >= 11 is 0. The van der Waals surface area contributed by atoms with E-state index >= 15 is 0 Å². The number of hydrogen-bond donors (Lipinski definition) is 1. The molecule has 2 heterocycles. The van der Waals surface area contributed by atoms with Crippen molar-refractivity contribution in [1.29, 1.82) is 0 Å². The maximum Gasteiger partial charge on any atom is 0.270 e. The highest BCUT2D eigenvalue weighted by Gasteiger charge is 2.32. The van der Waals surface area contributed by atoms with Gasteiger partial charge in [0.05, 0.1) is 11.5 Å². The van der Waals surface area contributed by atoms with Gasteiger partial charge in [0.25, 0.3) is 5.91 Å². The third-order valence-electron chi connectivity index (χ3n) is 4.54. The van der Waals surface area contributed by atoms with Crippen molar-refractivity contribution < 1.29 is 17.6 Å². The van der Waals surface area contributed by atoms with E-state index in [9.17, 15) is 17.6 Å². The zero-order valence-electron chi connectivity index (χ0n) is 15.1. The van der Waals surface area contributed by atoms with Crippen LogP contribution in [-0.4, -0.2) is 48.9 Å². The van der Waals surface area contributed by atoms with Gasteiger partial charge in [-0.3, -0.25) is 4.79 Å². The summed E-state index contributed by atoms with van der Waals surface area (Å²) in [6.07, 6.45) is 0.505. The molecule has 0 saturated carbocycles. The molecule has 1 aliphatic heterocycles. The fraction of sp³-hybridized carbons (Fsp3) is 0.389. The number of carbonyl (C=O) groups excluding carboxylic acids is 1. The summed E-state index contributed by atoms with van der Waals surface area (Å²) in [7, 11) is -1.32. The topological polar surface area (TPSA) is 92.3 Å². The second-order valence-corrected chi connectivity index (χ2v) is 8.87. The molecule has 2 aromatic rings. The van der Waals surface area contributed by atoms with Gasteiger partial charge in [0, 0.05) is 30.9 Å². The van der Waals surface area contributed by atoms with Crippen molar-refractivity contribution in [3.8, 4) is 0 Å². The van der Waals surface area contributed by atoms with E-state index in [4.69, 9.17) is 0 Å². The Morgan fingerprint density at radius 1 is 1.33 bits per heavy atom. The highest BCUT2D eigenvalue weighted by atomic mass is 32.2. The molecule has 144 valence electrons. The zero-order valence-corrected chi connectivity index (χ0v) is 16.0. The molecule has 3 rings (SSSR count). The van der Waals surface area contributed by atoms with E-state index in [1.54, 1.807) is 43.1 Å². The normalized spacial score (nSPS) is 18.3. The monoisotopic (exact) mass is 392 g/mol. The lowest BCUT2D eigenvalue weighted by molar-refractivity contribution is 0.0945. The Labute approximate surface area is 157 Å². The SMILES string of the molecule is Cc1cc(C(=O)NCc2ccccc2F)nc(N(C)C2CCS(=O)(=O)C2)n1. The van der Waals surface area contributed by atoms with Gasteiger partial charge in [0.1, 0.15) is 11.5 Å². The van der Waals surface area contributed by atoms with Crippen LogP contribution >= 0.6 is 0 Å². The van der Waals surface area contributed by atoms with Gasteiger partial charge < -0.3 is 10.2 Å². The first-order valence-electron chi connectivity index (χ1n) is 8.56. The van der Waals surface area contributed by atoms with Crippen molar-refractivity contribution in [3.05, 3.63) is 53.1 Å². The quantitative estimate of drug-likeness (QED) is 0.829. The molecule has 0 aliphatic carbocycles. The number of aromatic nitrogens is 2. The number of sulfone groups is 1. The third kappa shape index (κ3) is 4.60. The van der Waals surface area contributed by atoms with Crippen molar-refractivity contribution >= 4 is 21.7 Å². The van der Waals surface area contributed by atoms with Crippen molar-refractivity contribution in [2.75, 3.05) is 23.5 Å². The van der Waals surface area contributed by atoms with Crippen LogP contribution in [0.4, 0.5) is 10.3 Å². The molecule has 1 amide bonds. The molecule has 0 bridgehead atoms. The average molecular weight is 392 g/mol. The van der Waals surface area contributed by atoms with Gasteiger partial charge in [0.15, 0.2) is 9.84 Å². The van der Waals surface area contributed by atoms with Crippen molar-refractivity contribution in [2.24, 2.45) is 0 Å². The van der Waals surface area contributed by atoms with Crippen molar-refractivity contribution in [2.45, 2.75) is 25.9 Å². The summed E-state index contributed by atoms with van der Waals surface area (Å²) in [6, 6.07) is 7.53. The van der Waals surface area contributed by atoms with Crippen LogP contribution in [-0.2, 0) is 16.4 Å². The maximum atomic E-state index is 13.7. The molecule has 0 spiro atoms. The molecular formula is C18H21FN4O3S. The zero-order chi connectivity index (χ0) is 19.6. The second-order valence-electron chi connectivity index (χ2n) is 6.64. The third-order valence-corrected chi connectivity index (χ3v) is 6.29. The number of anilines is 1. The van der Waals surface area contributed by atoms with Crippen LogP contribution in [0, 0.1) is 12.7 Å². The van der Waals surface area contributed by atoms with Gasteiger partial charge in [0.2, 0.25) is 5.95 Å². The molecule has 1 N–H and O–H groups in total. The number of nitrogens with zero attached hydrogens (tertiary/aromatic N) is 3. The van der Waals surface area contributed by atoms with E-state index in [1.807, 2.05) is 0 Å². The van der Waals surface area contributed by atoms with E-state index in [0.717, 1.165) is 0 Å². The van der Waals surface area contributed by atoms with E-state index in [-0.39, 0.29) is 35.6 Å². The van der Waals surface area contributed by atoms with Gasteiger partial charge in [-0.2, -0.15) is 0 Å². The van der Waals surface area contributed by atoms with E-state index in [0.29, 0.717) is 23.6 Å². The van der Waals surface area contributed by atoms with Crippen molar-refractivity contribution in [1.82, 2.24) is 15.3 Å². The molecule has 1 aromatic carbocycles. The summed E-state index contributed by atoms with van der Waals surface area (Å²) < 4.78 is 37.1. The van der Waals surface area contributed by atoms with Crippen LogP contribution in [0.5, 0.6) is 0 Å². The molecular weight excluding hydrogens is 371 g/mol. The molecule has 1 atom stereocenters. The Kier molecular flexibility index (Phi) is 5.41. The van der Waals surface area contributed by atoms with Crippen molar-refractivity contribution in [3.63, 3.8) is 0 Å². The Morgan fingerprint density at radius 2 is 2.07 bits per heavy atom. The molecule has 27 heavy (non-hydrogen) atoms. The number of carbonyl (C=O) groups is 1. The fourth-order valence-corrected chi connectivity index (χ4v) is 4.75. The van der Waals surface area contributed by atoms with Crippen LogP contribution in [0.15, 0.2) is 30.3 Å². The van der Waals surface area contributed by atoms with Crippen LogP contribution in [0.1, 0.15) is 28.2 Å². The largest absolute Gasteiger partial charge is 0.347 e. The molecule has 1 aromatic heterocycles. The fourth-order valence-electron chi connectivity index (χ4n) is 2.98.